The molecule has 0 heterocycles. The van der Waals surface area contributed by atoms with Crippen LogP contribution in [0.1, 0.15) is 76.0 Å². The number of nitrogens with two attached hydrogens (primary N) is 1. The largest absolute Gasteiger partial charge is 0.508 e. The molecule has 1 aromatic rings. The summed E-state index contributed by atoms with van der Waals surface area (Å²) in [5.41, 5.74) is 10.3. The minimum absolute atomic E-state index is 0.0296. The summed E-state index contributed by atoms with van der Waals surface area (Å²) in [6.07, 6.45) is 5.97. The van der Waals surface area contributed by atoms with Gasteiger partial charge in [-0.1, -0.05) is 33.6 Å². The molecule has 0 radical (unpaired) electrons. The van der Waals surface area contributed by atoms with Crippen molar-refractivity contribution < 1.29 is 5.11 Å². The number of phenolic OH excluding ortho intramolecular Hbond substituents is 1. The van der Waals surface area contributed by atoms with E-state index in [0.717, 1.165) is 12.8 Å². The van der Waals surface area contributed by atoms with E-state index in [2.05, 4.69) is 27.7 Å². The number of benzene rings is 1. The molecule has 0 fully saturated rings. The third-order valence-corrected chi connectivity index (χ3v) is 5.13. The average Bonchev–Trinajstić information content (AvgIpc) is 2.36. The van der Waals surface area contributed by atoms with Crippen molar-refractivity contribution in [3.63, 3.8) is 0 Å². The fourth-order valence-corrected chi connectivity index (χ4v) is 3.56. The highest BCUT2D eigenvalue weighted by atomic mass is 16.3. The number of hydrogen-bond acceptors (Lipinski definition) is 2. The summed E-state index contributed by atoms with van der Waals surface area (Å²) in [5, 5.41) is 10.2. The topological polar surface area (TPSA) is 46.2 Å². The van der Waals surface area contributed by atoms with E-state index in [1.165, 1.54) is 36.0 Å². The fraction of sp³-hybridized carbons (Fsp3) is 0.667. The van der Waals surface area contributed by atoms with Crippen LogP contribution in [0, 0.1) is 0 Å². The summed E-state index contributed by atoms with van der Waals surface area (Å²) < 4.78 is 0. The summed E-state index contributed by atoms with van der Waals surface area (Å²) in [4.78, 5) is 0. The molecule has 1 aliphatic carbocycles. The van der Waals surface area contributed by atoms with E-state index < -0.39 is 0 Å². The average molecular weight is 275 g/mol. The maximum Gasteiger partial charge on any atom is 0.116 e. The zero-order valence-electron chi connectivity index (χ0n) is 13.4. The summed E-state index contributed by atoms with van der Waals surface area (Å²) in [5.74, 6) is 0.826. The maximum absolute atomic E-state index is 10.2. The third-order valence-electron chi connectivity index (χ3n) is 5.13. The van der Waals surface area contributed by atoms with Crippen molar-refractivity contribution in [2.75, 3.05) is 0 Å². The van der Waals surface area contributed by atoms with Crippen LogP contribution in [-0.4, -0.2) is 11.1 Å². The molecule has 0 aliphatic heterocycles. The van der Waals surface area contributed by atoms with Gasteiger partial charge in [-0.3, -0.25) is 0 Å². The first-order chi connectivity index (χ1) is 9.36. The van der Waals surface area contributed by atoms with Crippen LogP contribution in [0.25, 0.3) is 0 Å². The first-order valence-electron chi connectivity index (χ1n) is 7.98. The lowest BCUT2D eigenvalue weighted by Crippen LogP contribution is -2.42. The summed E-state index contributed by atoms with van der Waals surface area (Å²) in [6, 6.07) is 4.02. The molecule has 2 atom stereocenters. The van der Waals surface area contributed by atoms with Gasteiger partial charge in [0, 0.05) is 11.5 Å². The molecule has 2 rings (SSSR count). The van der Waals surface area contributed by atoms with Gasteiger partial charge >= 0.3 is 0 Å². The van der Waals surface area contributed by atoms with Crippen molar-refractivity contribution in [1.82, 2.24) is 0 Å². The zero-order chi connectivity index (χ0) is 14.9. The first-order valence-corrected chi connectivity index (χ1v) is 7.98. The second-order valence-electron chi connectivity index (χ2n) is 6.98. The van der Waals surface area contributed by atoms with Gasteiger partial charge in [-0.15, -0.1) is 0 Å². The molecule has 112 valence electrons. The molecule has 0 saturated heterocycles. The van der Waals surface area contributed by atoms with E-state index in [0.29, 0.717) is 11.7 Å². The van der Waals surface area contributed by atoms with Gasteiger partial charge in [-0.25, -0.2) is 0 Å². The lowest BCUT2D eigenvalue weighted by atomic mass is 9.68. The summed E-state index contributed by atoms with van der Waals surface area (Å²) in [7, 11) is 0. The number of rotatable bonds is 2. The van der Waals surface area contributed by atoms with E-state index in [-0.39, 0.29) is 11.5 Å². The van der Waals surface area contributed by atoms with Crippen LogP contribution in [0.5, 0.6) is 5.75 Å². The smallest absolute Gasteiger partial charge is 0.116 e. The summed E-state index contributed by atoms with van der Waals surface area (Å²) in [6.45, 7) is 8.78. The Hall–Kier alpha value is -1.02. The Balaban J connectivity index is 2.66. The predicted octanol–water partition coefficient (Wildman–Crippen LogP) is 4.24. The van der Waals surface area contributed by atoms with Crippen LogP contribution < -0.4 is 5.73 Å². The minimum Gasteiger partial charge on any atom is -0.508 e. The second kappa shape index (κ2) is 5.77. The molecular weight excluding hydrogens is 246 g/mol. The van der Waals surface area contributed by atoms with Gasteiger partial charge in [-0.2, -0.15) is 0 Å². The molecule has 1 aliphatic rings. The standard InChI is InChI=1S/C18H29NO/c1-12(2)16-10-14(20)11-17-15(16)8-6-5-7-9-18(17,4)13(3)19/h10-13,20H,5-9,19H2,1-4H3. The van der Waals surface area contributed by atoms with Gasteiger partial charge in [0.1, 0.15) is 5.75 Å². The second-order valence-corrected chi connectivity index (χ2v) is 6.98. The molecule has 1 aromatic carbocycles. The monoisotopic (exact) mass is 275 g/mol. The van der Waals surface area contributed by atoms with Crippen molar-refractivity contribution in [3.8, 4) is 5.75 Å². The SMILES string of the molecule is CC(C)c1cc(O)cc2c1CCCCCC2(C)C(C)N. The van der Waals surface area contributed by atoms with Gasteiger partial charge in [0.05, 0.1) is 0 Å². The molecule has 2 heteroatoms. The van der Waals surface area contributed by atoms with Crippen LogP contribution in [0.15, 0.2) is 12.1 Å². The fourth-order valence-electron chi connectivity index (χ4n) is 3.56. The van der Waals surface area contributed by atoms with E-state index in [1.54, 1.807) is 0 Å². The van der Waals surface area contributed by atoms with Crippen LogP contribution in [0.4, 0.5) is 0 Å². The van der Waals surface area contributed by atoms with Gasteiger partial charge in [0.2, 0.25) is 0 Å². The third kappa shape index (κ3) is 2.71. The van der Waals surface area contributed by atoms with E-state index >= 15 is 0 Å². The van der Waals surface area contributed by atoms with Gasteiger partial charge in [0.15, 0.2) is 0 Å². The Bertz CT molecular complexity index is 479. The maximum atomic E-state index is 10.2. The molecular formula is C18H29NO. The van der Waals surface area contributed by atoms with Crippen molar-refractivity contribution >= 4 is 0 Å². The highest BCUT2D eigenvalue weighted by Gasteiger charge is 2.34. The highest BCUT2D eigenvalue weighted by Crippen LogP contribution is 2.41. The normalized spacial score (nSPS) is 24.9. The number of phenols is 1. The van der Waals surface area contributed by atoms with Crippen molar-refractivity contribution in [2.45, 2.75) is 77.2 Å². The van der Waals surface area contributed by atoms with Crippen LogP contribution in [0.2, 0.25) is 0 Å². The minimum atomic E-state index is -0.0296. The number of hydrogen-bond donors (Lipinski definition) is 2. The Morgan fingerprint density at radius 2 is 1.85 bits per heavy atom. The van der Waals surface area contributed by atoms with Gasteiger partial charge in [-0.05, 0) is 60.9 Å². The Morgan fingerprint density at radius 1 is 1.15 bits per heavy atom. The predicted molar refractivity (Wildman–Crippen MR) is 85.4 cm³/mol. The molecule has 0 spiro atoms. The van der Waals surface area contributed by atoms with Gasteiger partial charge in [0.25, 0.3) is 0 Å². The summed E-state index contributed by atoms with van der Waals surface area (Å²) >= 11 is 0. The lowest BCUT2D eigenvalue weighted by Gasteiger charge is -2.38. The molecule has 2 unspecified atom stereocenters. The number of aromatic hydroxyl groups is 1. The molecule has 0 bridgehead atoms. The molecule has 0 aromatic heterocycles. The van der Waals surface area contributed by atoms with Crippen LogP contribution in [-0.2, 0) is 11.8 Å². The Kier molecular flexibility index (Phi) is 4.43. The molecule has 0 saturated carbocycles. The molecule has 2 nitrogen and oxygen atoms in total. The molecule has 0 amide bonds. The first kappa shape index (κ1) is 15.4. The van der Waals surface area contributed by atoms with E-state index in [9.17, 15) is 5.11 Å². The number of fused-ring (bicyclic) bond motifs is 1. The lowest BCUT2D eigenvalue weighted by molar-refractivity contribution is 0.337. The molecule has 20 heavy (non-hydrogen) atoms. The van der Waals surface area contributed by atoms with E-state index in [4.69, 9.17) is 5.73 Å². The van der Waals surface area contributed by atoms with Crippen molar-refractivity contribution in [3.05, 3.63) is 28.8 Å². The quantitative estimate of drug-likeness (QED) is 0.848. The van der Waals surface area contributed by atoms with Gasteiger partial charge < -0.3 is 10.8 Å². The highest BCUT2D eigenvalue weighted by molar-refractivity contribution is 5.47. The van der Waals surface area contributed by atoms with Crippen LogP contribution >= 0.6 is 0 Å². The molecule has 3 N–H and O–H groups in total. The van der Waals surface area contributed by atoms with E-state index in [1.807, 2.05) is 12.1 Å². The van der Waals surface area contributed by atoms with Crippen molar-refractivity contribution in [1.29, 1.82) is 0 Å². The Labute approximate surface area is 123 Å². The van der Waals surface area contributed by atoms with Crippen molar-refractivity contribution in [2.24, 2.45) is 5.73 Å². The Morgan fingerprint density at radius 3 is 2.45 bits per heavy atom. The zero-order valence-corrected chi connectivity index (χ0v) is 13.4. The van der Waals surface area contributed by atoms with Crippen LogP contribution in [0.3, 0.4) is 0 Å².